The van der Waals surface area contributed by atoms with Crippen molar-refractivity contribution in [1.29, 1.82) is 0 Å². The molecule has 2 atom stereocenters. The fourth-order valence-electron chi connectivity index (χ4n) is 4.43. The van der Waals surface area contributed by atoms with Crippen LogP contribution in [0.5, 0.6) is 0 Å². The number of hydrogen-bond donors (Lipinski definition) is 1. The predicted octanol–water partition coefficient (Wildman–Crippen LogP) is 3.86. The number of aliphatic carboxylic acids is 1. The maximum atomic E-state index is 13.9. The number of hydrogen-bond acceptors (Lipinski definition) is 5. The van der Waals surface area contributed by atoms with E-state index < -0.39 is 29.6 Å². The summed E-state index contributed by atoms with van der Waals surface area (Å²) >= 11 is 0. The first-order chi connectivity index (χ1) is 15.9. The molecule has 0 saturated carbocycles. The Morgan fingerprint density at radius 1 is 1.21 bits per heavy atom. The highest BCUT2D eigenvalue weighted by Gasteiger charge is 2.40. The minimum atomic E-state index is -0.990. The molecular formula is C25H36N4O5. The van der Waals surface area contributed by atoms with Crippen LogP contribution >= 0.6 is 0 Å². The summed E-state index contributed by atoms with van der Waals surface area (Å²) in [5.74, 6) is -1.57. The van der Waals surface area contributed by atoms with Gasteiger partial charge in [-0.15, -0.1) is 0 Å². The second-order valence-electron chi connectivity index (χ2n) is 10.3. The molecule has 1 aliphatic rings. The number of piperidine rings is 1. The van der Waals surface area contributed by atoms with E-state index in [0.29, 0.717) is 18.9 Å². The molecule has 0 radical (unpaired) electrons. The van der Waals surface area contributed by atoms with Crippen molar-refractivity contribution < 1.29 is 24.2 Å². The lowest BCUT2D eigenvalue weighted by atomic mass is 9.92. The minimum absolute atomic E-state index is 0.0535. The van der Waals surface area contributed by atoms with Gasteiger partial charge in [-0.3, -0.25) is 9.59 Å². The zero-order valence-electron chi connectivity index (χ0n) is 20.9. The number of fused-ring (bicyclic) bond motifs is 1. The van der Waals surface area contributed by atoms with Gasteiger partial charge in [0.15, 0.2) is 5.82 Å². The molecule has 9 heteroatoms. The maximum absolute atomic E-state index is 13.9. The predicted molar refractivity (Wildman–Crippen MR) is 129 cm³/mol. The van der Waals surface area contributed by atoms with Gasteiger partial charge >= 0.3 is 12.1 Å². The van der Waals surface area contributed by atoms with Crippen molar-refractivity contribution in [1.82, 2.24) is 19.4 Å². The molecule has 0 aliphatic carbocycles. The van der Waals surface area contributed by atoms with Crippen LogP contribution in [0.2, 0.25) is 0 Å². The molecule has 0 bridgehead atoms. The number of amides is 2. The molecule has 1 aromatic carbocycles. The largest absolute Gasteiger partial charge is 0.481 e. The standard InChI is InChI=1S/C25H36N4O5/c1-7-28-20-11-9-8-10-19(20)26-21(28)22(30)29(13-16(2)3)18-12-17(23(31)32)14-27(15-18)24(33)34-25(4,5)6/h8-11,16-18H,7,12-15H2,1-6H3,(H,31,32)/t17-,18+/m1/s1. The molecule has 2 aromatic rings. The molecule has 1 fully saturated rings. The van der Waals surface area contributed by atoms with Crippen molar-refractivity contribution in [2.75, 3.05) is 19.6 Å². The number of carboxylic acid groups (broad SMARTS) is 1. The Morgan fingerprint density at radius 2 is 1.88 bits per heavy atom. The number of carboxylic acids is 1. The number of carbonyl (C=O) groups is 3. The number of nitrogens with zero attached hydrogens (tertiary/aromatic N) is 4. The molecule has 2 amide bonds. The van der Waals surface area contributed by atoms with Gasteiger partial charge in [-0.2, -0.15) is 0 Å². The summed E-state index contributed by atoms with van der Waals surface area (Å²) in [5.41, 5.74) is 0.905. The molecular weight excluding hydrogens is 436 g/mol. The number of imidazole rings is 1. The molecule has 0 spiro atoms. The topological polar surface area (TPSA) is 105 Å². The molecule has 3 rings (SSSR count). The Balaban J connectivity index is 1.98. The quantitative estimate of drug-likeness (QED) is 0.684. The van der Waals surface area contributed by atoms with E-state index in [9.17, 15) is 19.5 Å². The van der Waals surface area contributed by atoms with Crippen LogP contribution in [0.25, 0.3) is 11.0 Å². The summed E-state index contributed by atoms with van der Waals surface area (Å²) in [6, 6.07) is 7.12. The number of benzene rings is 1. The molecule has 0 unspecified atom stereocenters. The highest BCUT2D eigenvalue weighted by atomic mass is 16.6. The van der Waals surface area contributed by atoms with E-state index in [2.05, 4.69) is 4.98 Å². The Morgan fingerprint density at radius 3 is 2.47 bits per heavy atom. The van der Waals surface area contributed by atoms with E-state index in [0.717, 1.165) is 11.0 Å². The number of para-hydroxylation sites is 2. The van der Waals surface area contributed by atoms with E-state index in [1.165, 1.54) is 4.90 Å². The zero-order chi connectivity index (χ0) is 25.2. The van der Waals surface area contributed by atoms with Crippen molar-refractivity contribution in [2.45, 2.75) is 66.2 Å². The highest BCUT2D eigenvalue weighted by molar-refractivity contribution is 5.95. The molecule has 9 nitrogen and oxygen atoms in total. The third kappa shape index (κ3) is 5.69. The van der Waals surface area contributed by atoms with E-state index in [4.69, 9.17) is 4.74 Å². The molecule has 1 N–H and O–H groups in total. The van der Waals surface area contributed by atoms with Crippen LogP contribution < -0.4 is 0 Å². The van der Waals surface area contributed by atoms with Gasteiger partial charge < -0.3 is 24.2 Å². The maximum Gasteiger partial charge on any atom is 0.410 e. The number of rotatable bonds is 6. The molecule has 186 valence electrons. The van der Waals surface area contributed by atoms with Crippen molar-refractivity contribution in [3.63, 3.8) is 0 Å². The average Bonchev–Trinajstić information content (AvgIpc) is 3.14. The smallest absolute Gasteiger partial charge is 0.410 e. The lowest BCUT2D eigenvalue weighted by Crippen LogP contribution is -2.57. The van der Waals surface area contributed by atoms with E-state index >= 15 is 0 Å². The molecule has 1 saturated heterocycles. The van der Waals surface area contributed by atoms with Crippen LogP contribution in [0.3, 0.4) is 0 Å². The van der Waals surface area contributed by atoms with Crippen LogP contribution in [0.1, 0.15) is 58.6 Å². The zero-order valence-corrected chi connectivity index (χ0v) is 20.9. The molecule has 1 aliphatic heterocycles. The second kappa shape index (κ2) is 10.0. The Labute approximate surface area is 200 Å². The number of aromatic nitrogens is 2. The first-order valence-corrected chi connectivity index (χ1v) is 11.9. The Kier molecular flexibility index (Phi) is 7.53. The monoisotopic (exact) mass is 472 g/mol. The number of carbonyl (C=O) groups excluding carboxylic acids is 2. The number of aryl methyl sites for hydroxylation is 1. The van der Waals surface area contributed by atoms with Gasteiger partial charge in [0.05, 0.1) is 23.0 Å². The van der Waals surface area contributed by atoms with Gasteiger partial charge in [0.2, 0.25) is 0 Å². The van der Waals surface area contributed by atoms with Gasteiger partial charge in [-0.25, -0.2) is 9.78 Å². The summed E-state index contributed by atoms with van der Waals surface area (Å²) in [5, 5.41) is 9.79. The van der Waals surface area contributed by atoms with Gasteiger partial charge in [0, 0.05) is 26.2 Å². The van der Waals surface area contributed by atoms with Gasteiger partial charge in [-0.1, -0.05) is 26.0 Å². The van der Waals surface area contributed by atoms with Crippen LogP contribution in [0.15, 0.2) is 24.3 Å². The molecule has 34 heavy (non-hydrogen) atoms. The van der Waals surface area contributed by atoms with Crippen LogP contribution in [-0.2, 0) is 16.1 Å². The average molecular weight is 473 g/mol. The van der Waals surface area contributed by atoms with Crippen molar-refractivity contribution in [3.8, 4) is 0 Å². The van der Waals surface area contributed by atoms with E-state index in [1.807, 2.05) is 49.6 Å². The lowest BCUT2D eigenvalue weighted by molar-refractivity contribution is -0.144. The van der Waals surface area contributed by atoms with Gasteiger partial charge in [0.1, 0.15) is 5.60 Å². The van der Waals surface area contributed by atoms with Gasteiger partial charge in [0.25, 0.3) is 5.91 Å². The SMILES string of the molecule is CCn1c(C(=O)N(CC(C)C)[C@H]2C[C@@H](C(=O)O)CN(C(=O)OC(C)(C)C)C2)nc2ccccc21. The third-order valence-electron chi connectivity index (χ3n) is 5.85. The fourth-order valence-corrected chi connectivity index (χ4v) is 4.43. The van der Waals surface area contributed by atoms with Crippen molar-refractivity contribution >= 4 is 29.0 Å². The van der Waals surface area contributed by atoms with Crippen molar-refractivity contribution in [3.05, 3.63) is 30.1 Å². The summed E-state index contributed by atoms with van der Waals surface area (Å²) in [4.78, 5) is 46.4. The summed E-state index contributed by atoms with van der Waals surface area (Å²) in [6.45, 7) is 12.5. The summed E-state index contributed by atoms with van der Waals surface area (Å²) < 4.78 is 7.39. The highest BCUT2D eigenvalue weighted by Crippen LogP contribution is 2.26. The molecule has 1 aromatic heterocycles. The van der Waals surface area contributed by atoms with Crippen LogP contribution in [0.4, 0.5) is 4.79 Å². The van der Waals surface area contributed by atoms with E-state index in [1.54, 1.807) is 25.7 Å². The van der Waals surface area contributed by atoms with Crippen molar-refractivity contribution in [2.24, 2.45) is 11.8 Å². The van der Waals surface area contributed by atoms with Gasteiger partial charge in [-0.05, 0) is 52.2 Å². The minimum Gasteiger partial charge on any atom is -0.481 e. The summed E-state index contributed by atoms with van der Waals surface area (Å²) in [6.07, 6.45) is -0.305. The fraction of sp³-hybridized carbons (Fsp3) is 0.600. The first kappa shape index (κ1) is 25.5. The normalized spacial score (nSPS) is 18.9. The molecule has 2 heterocycles. The Hall–Kier alpha value is -3.10. The second-order valence-corrected chi connectivity index (χ2v) is 10.3. The number of likely N-dealkylation sites (tertiary alicyclic amines) is 1. The van der Waals surface area contributed by atoms with E-state index in [-0.39, 0.29) is 31.3 Å². The number of ether oxygens (including phenoxy) is 1. The Bertz CT molecular complexity index is 1060. The lowest BCUT2D eigenvalue weighted by Gasteiger charge is -2.42. The third-order valence-corrected chi connectivity index (χ3v) is 5.85. The van der Waals surface area contributed by atoms with Crippen LogP contribution in [0, 0.1) is 11.8 Å². The first-order valence-electron chi connectivity index (χ1n) is 11.9. The summed E-state index contributed by atoms with van der Waals surface area (Å²) in [7, 11) is 0. The van der Waals surface area contributed by atoms with Crippen LogP contribution in [-0.4, -0.2) is 73.7 Å².